The summed E-state index contributed by atoms with van der Waals surface area (Å²) in [5.74, 6) is 1.56. The lowest BCUT2D eigenvalue weighted by molar-refractivity contribution is -0.133. The number of nitrogens with zero attached hydrogens (tertiary/aromatic N) is 1. The molecule has 2 rings (SSSR count). The number of alkyl halides is 1. The van der Waals surface area contributed by atoms with Crippen LogP contribution in [0.15, 0.2) is 30.3 Å². The average molecular weight is 252 g/mol. The monoisotopic (exact) mass is 251 g/mol. The van der Waals surface area contributed by atoms with Crippen molar-refractivity contribution in [3.8, 4) is 0 Å². The molecule has 1 amide bonds. The molecule has 2 unspecified atom stereocenters. The Balaban J connectivity index is 1.99. The zero-order valence-electron chi connectivity index (χ0n) is 10.1. The SMILES string of the molecule is CC1CC1C(=O)N(CCCl)Cc1ccccc1. The maximum atomic E-state index is 12.2. The van der Waals surface area contributed by atoms with Crippen LogP contribution in [0, 0.1) is 11.8 Å². The molecular weight excluding hydrogens is 234 g/mol. The van der Waals surface area contributed by atoms with Crippen molar-refractivity contribution in [1.29, 1.82) is 0 Å². The van der Waals surface area contributed by atoms with Gasteiger partial charge < -0.3 is 4.90 Å². The maximum Gasteiger partial charge on any atom is 0.226 e. The largest absolute Gasteiger partial charge is 0.337 e. The van der Waals surface area contributed by atoms with E-state index in [1.54, 1.807) is 0 Å². The normalized spacial score (nSPS) is 22.2. The summed E-state index contributed by atoms with van der Waals surface area (Å²) in [5.41, 5.74) is 1.17. The van der Waals surface area contributed by atoms with Gasteiger partial charge >= 0.3 is 0 Å². The number of benzene rings is 1. The second-order valence-corrected chi connectivity index (χ2v) is 5.13. The Bertz CT molecular complexity index is 379. The third-order valence-corrected chi connectivity index (χ3v) is 3.48. The van der Waals surface area contributed by atoms with Crippen molar-refractivity contribution in [2.45, 2.75) is 19.9 Å². The van der Waals surface area contributed by atoms with E-state index in [2.05, 4.69) is 6.92 Å². The van der Waals surface area contributed by atoms with Gasteiger partial charge in [-0.2, -0.15) is 0 Å². The zero-order chi connectivity index (χ0) is 12.3. The summed E-state index contributed by atoms with van der Waals surface area (Å²) in [6, 6.07) is 10.1. The lowest BCUT2D eigenvalue weighted by Crippen LogP contribution is -2.33. The molecule has 1 aromatic rings. The predicted molar refractivity (Wildman–Crippen MR) is 69.9 cm³/mol. The molecule has 0 saturated heterocycles. The molecule has 3 heteroatoms. The van der Waals surface area contributed by atoms with Gasteiger partial charge in [-0.05, 0) is 17.9 Å². The van der Waals surface area contributed by atoms with Gasteiger partial charge in [0.05, 0.1) is 0 Å². The van der Waals surface area contributed by atoms with Gasteiger partial charge in [-0.15, -0.1) is 11.6 Å². The Labute approximate surface area is 108 Å². The molecule has 0 aliphatic heterocycles. The van der Waals surface area contributed by atoms with E-state index >= 15 is 0 Å². The number of amides is 1. The number of halogens is 1. The molecule has 1 aliphatic rings. The van der Waals surface area contributed by atoms with E-state index in [1.165, 1.54) is 5.56 Å². The molecule has 0 aromatic heterocycles. The van der Waals surface area contributed by atoms with Crippen LogP contribution in [0.2, 0.25) is 0 Å². The zero-order valence-corrected chi connectivity index (χ0v) is 10.9. The molecule has 0 spiro atoms. The third kappa shape index (κ3) is 3.22. The summed E-state index contributed by atoms with van der Waals surface area (Å²) in [6.07, 6.45) is 1.03. The van der Waals surface area contributed by atoms with E-state index in [0.717, 1.165) is 6.42 Å². The summed E-state index contributed by atoms with van der Waals surface area (Å²) in [6.45, 7) is 3.44. The second kappa shape index (κ2) is 5.54. The van der Waals surface area contributed by atoms with Crippen LogP contribution >= 0.6 is 11.6 Å². The van der Waals surface area contributed by atoms with Crippen LogP contribution in [0.4, 0.5) is 0 Å². The third-order valence-electron chi connectivity index (χ3n) is 3.31. The van der Waals surface area contributed by atoms with Crippen molar-refractivity contribution in [2.75, 3.05) is 12.4 Å². The van der Waals surface area contributed by atoms with Crippen molar-refractivity contribution in [3.63, 3.8) is 0 Å². The van der Waals surface area contributed by atoms with Gasteiger partial charge in [0.2, 0.25) is 5.91 Å². The highest BCUT2D eigenvalue weighted by Crippen LogP contribution is 2.39. The van der Waals surface area contributed by atoms with Crippen LogP contribution in [0.5, 0.6) is 0 Å². The molecule has 0 bridgehead atoms. The first kappa shape index (κ1) is 12.4. The van der Waals surface area contributed by atoms with Gasteiger partial charge in [-0.3, -0.25) is 4.79 Å². The molecule has 17 heavy (non-hydrogen) atoms. The van der Waals surface area contributed by atoms with Gasteiger partial charge in [0.15, 0.2) is 0 Å². The molecule has 1 fully saturated rings. The first-order valence-electron chi connectivity index (χ1n) is 6.11. The van der Waals surface area contributed by atoms with Crippen LogP contribution < -0.4 is 0 Å². The number of rotatable bonds is 5. The van der Waals surface area contributed by atoms with Crippen molar-refractivity contribution >= 4 is 17.5 Å². The highest BCUT2D eigenvalue weighted by molar-refractivity contribution is 6.18. The maximum absolute atomic E-state index is 12.2. The van der Waals surface area contributed by atoms with Gasteiger partial charge in [0, 0.05) is 24.9 Å². The molecule has 1 aliphatic carbocycles. The molecule has 0 heterocycles. The quantitative estimate of drug-likeness (QED) is 0.737. The Morgan fingerprint density at radius 2 is 2.06 bits per heavy atom. The molecule has 0 N–H and O–H groups in total. The number of carbonyl (C=O) groups is 1. The minimum Gasteiger partial charge on any atom is -0.337 e. The van der Waals surface area contributed by atoms with Crippen LogP contribution in [0.25, 0.3) is 0 Å². The molecule has 2 atom stereocenters. The van der Waals surface area contributed by atoms with E-state index in [0.29, 0.717) is 24.9 Å². The number of hydrogen-bond donors (Lipinski definition) is 0. The van der Waals surface area contributed by atoms with E-state index in [9.17, 15) is 4.79 Å². The van der Waals surface area contributed by atoms with E-state index in [1.807, 2.05) is 35.2 Å². The van der Waals surface area contributed by atoms with E-state index in [-0.39, 0.29) is 11.8 Å². The van der Waals surface area contributed by atoms with E-state index in [4.69, 9.17) is 11.6 Å². The van der Waals surface area contributed by atoms with Crippen LogP contribution in [0.3, 0.4) is 0 Å². The molecule has 0 radical (unpaired) electrons. The fourth-order valence-electron chi connectivity index (χ4n) is 2.07. The minimum absolute atomic E-state index is 0.238. The Morgan fingerprint density at radius 3 is 2.59 bits per heavy atom. The molecular formula is C14H18ClNO. The van der Waals surface area contributed by atoms with Gasteiger partial charge in [0.1, 0.15) is 0 Å². The average Bonchev–Trinajstić information content (AvgIpc) is 3.06. The van der Waals surface area contributed by atoms with Crippen molar-refractivity contribution in [3.05, 3.63) is 35.9 Å². The minimum atomic E-state index is 0.238. The summed E-state index contributed by atoms with van der Waals surface area (Å²) >= 11 is 5.77. The van der Waals surface area contributed by atoms with Gasteiger partial charge in [-0.1, -0.05) is 37.3 Å². The van der Waals surface area contributed by atoms with Crippen LogP contribution in [-0.2, 0) is 11.3 Å². The van der Waals surface area contributed by atoms with E-state index < -0.39 is 0 Å². The molecule has 1 aromatic carbocycles. The topological polar surface area (TPSA) is 20.3 Å². The summed E-state index contributed by atoms with van der Waals surface area (Å²) in [7, 11) is 0. The number of hydrogen-bond acceptors (Lipinski definition) is 1. The standard InChI is InChI=1S/C14H18ClNO/c1-11-9-13(11)14(17)16(8-7-15)10-12-5-3-2-4-6-12/h2-6,11,13H,7-10H2,1H3. The number of carbonyl (C=O) groups excluding carboxylic acids is 1. The lowest BCUT2D eigenvalue weighted by atomic mass is 10.2. The van der Waals surface area contributed by atoms with Crippen LogP contribution in [0.1, 0.15) is 18.9 Å². The van der Waals surface area contributed by atoms with Crippen LogP contribution in [-0.4, -0.2) is 23.2 Å². The predicted octanol–water partition coefficient (Wildman–Crippen LogP) is 2.91. The first-order chi connectivity index (χ1) is 8.22. The summed E-state index contributed by atoms with van der Waals surface area (Å²) in [4.78, 5) is 14.1. The Hall–Kier alpha value is -1.02. The summed E-state index contributed by atoms with van der Waals surface area (Å²) < 4.78 is 0. The van der Waals surface area contributed by atoms with Crippen molar-refractivity contribution in [2.24, 2.45) is 11.8 Å². The fourth-order valence-corrected chi connectivity index (χ4v) is 2.28. The second-order valence-electron chi connectivity index (χ2n) is 4.75. The lowest BCUT2D eigenvalue weighted by Gasteiger charge is -2.22. The highest BCUT2D eigenvalue weighted by atomic mass is 35.5. The molecule has 92 valence electrons. The Morgan fingerprint density at radius 1 is 1.41 bits per heavy atom. The summed E-state index contributed by atoms with van der Waals surface area (Å²) in [5, 5.41) is 0. The van der Waals surface area contributed by atoms with Crippen molar-refractivity contribution in [1.82, 2.24) is 4.90 Å². The fraction of sp³-hybridized carbons (Fsp3) is 0.500. The first-order valence-corrected chi connectivity index (χ1v) is 6.64. The molecule has 2 nitrogen and oxygen atoms in total. The molecule has 1 saturated carbocycles. The van der Waals surface area contributed by atoms with Crippen molar-refractivity contribution < 1.29 is 4.79 Å². The smallest absolute Gasteiger partial charge is 0.226 e. The van der Waals surface area contributed by atoms with Gasteiger partial charge in [0.25, 0.3) is 0 Å². The highest BCUT2D eigenvalue weighted by Gasteiger charge is 2.41. The van der Waals surface area contributed by atoms with Gasteiger partial charge in [-0.25, -0.2) is 0 Å². The Kier molecular flexibility index (Phi) is 4.06.